The van der Waals surface area contributed by atoms with E-state index in [9.17, 15) is 4.79 Å². The first-order chi connectivity index (χ1) is 4.72. The van der Waals surface area contributed by atoms with E-state index in [4.69, 9.17) is 0 Å². The molecule has 0 saturated heterocycles. The number of rotatable bonds is 2. The molecule has 0 rings (SSSR count). The highest BCUT2D eigenvalue weighted by atomic mass is 16.5. The Morgan fingerprint density at radius 2 is 2.00 bits per heavy atom. The molecule has 0 fully saturated rings. The van der Waals surface area contributed by atoms with Crippen LogP contribution in [0.3, 0.4) is 0 Å². The van der Waals surface area contributed by atoms with Crippen molar-refractivity contribution in [2.24, 2.45) is 0 Å². The van der Waals surface area contributed by atoms with Gasteiger partial charge in [-0.15, -0.1) is 0 Å². The highest BCUT2D eigenvalue weighted by Gasteiger charge is 1.86. The molecule has 0 spiro atoms. The molecule has 0 saturated carbocycles. The van der Waals surface area contributed by atoms with Crippen LogP contribution in [-0.4, -0.2) is 26.8 Å². The molecular weight excluding hydrogens is 132 g/mol. The minimum atomic E-state index is -0.359. The molecule has 0 aromatic heterocycles. The van der Waals surface area contributed by atoms with E-state index < -0.39 is 0 Å². The first kappa shape index (κ1) is 11.9. The molecule has 3 heteroatoms. The van der Waals surface area contributed by atoms with Crippen LogP contribution in [0.1, 0.15) is 6.92 Å². The van der Waals surface area contributed by atoms with Crippen LogP contribution in [0, 0.1) is 0 Å². The molecule has 0 radical (unpaired) electrons. The quantitative estimate of drug-likeness (QED) is 0.430. The largest absolute Gasteiger partial charge is 0.463 e. The predicted molar refractivity (Wildman–Crippen MR) is 39.8 cm³/mol. The lowest BCUT2D eigenvalue weighted by atomic mass is 10.6. The third-order valence-electron chi connectivity index (χ3n) is 0.453. The Kier molecular flexibility index (Phi) is 13.1. The molecule has 0 N–H and O–H groups in total. The fourth-order valence-corrected chi connectivity index (χ4v) is 0.201. The van der Waals surface area contributed by atoms with Gasteiger partial charge in [0, 0.05) is 20.3 Å². The zero-order valence-corrected chi connectivity index (χ0v) is 6.72. The third kappa shape index (κ3) is 15.7. The van der Waals surface area contributed by atoms with Gasteiger partial charge >= 0.3 is 5.97 Å². The van der Waals surface area contributed by atoms with Crippen molar-refractivity contribution in [3.63, 3.8) is 0 Å². The van der Waals surface area contributed by atoms with Gasteiger partial charge < -0.3 is 9.47 Å². The Morgan fingerprint density at radius 1 is 1.60 bits per heavy atom. The normalized spacial score (nSPS) is 7.10. The molecule has 0 atom stereocenters. The summed E-state index contributed by atoms with van der Waals surface area (Å²) in [4.78, 5) is 10.1. The minimum absolute atomic E-state index is 0.359. The molecule has 60 valence electrons. The molecule has 0 aromatic rings. The van der Waals surface area contributed by atoms with E-state index in [1.807, 2.05) is 0 Å². The van der Waals surface area contributed by atoms with E-state index in [-0.39, 0.29) is 5.97 Å². The second-order valence-corrected chi connectivity index (χ2v) is 1.36. The van der Waals surface area contributed by atoms with Crippen LogP contribution in [-0.2, 0) is 14.3 Å². The van der Waals surface area contributed by atoms with Gasteiger partial charge in [0.05, 0.1) is 6.61 Å². The lowest BCUT2D eigenvalue weighted by Crippen LogP contribution is -1.97. The lowest BCUT2D eigenvalue weighted by molar-refractivity contribution is -0.137. The summed E-state index contributed by atoms with van der Waals surface area (Å²) >= 11 is 0. The summed E-state index contributed by atoms with van der Waals surface area (Å²) in [5.41, 5.74) is 0. The number of hydrogen-bond donors (Lipinski definition) is 0. The third-order valence-corrected chi connectivity index (χ3v) is 0.453. The van der Waals surface area contributed by atoms with E-state index in [0.717, 1.165) is 6.08 Å². The van der Waals surface area contributed by atoms with Gasteiger partial charge in [0.2, 0.25) is 0 Å². The topological polar surface area (TPSA) is 35.5 Å². The van der Waals surface area contributed by atoms with Crippen LogP contribution in [0.2, 0.25) is 0 Å². The lowest BCUT2D eigenvalue weighted by Gasteiger charge is -1.90. The summed E-state index contributed by atoms with van der Waals surface area (Å²) < 4.78 is 8.68. The molecule has 0 aliphatic heterocycles. The zero-order chi connectivity index (χ0) is 8.41. The number of carbonyl (C=O) groups excluding carboxylic acids is 1. The molecule has 0 aromatic carbocycles. The van der Waals surface area contributed by atoms with Crippen LogP contribution in [0.25, 0.3) is 0 Å². The molecule has 0 heterocycles. The summed E-state index contributed by atoms with van der Waals surface area (Å²) in [5, 5.41) is 0. The fourth-order valence-electron chi connectivity index (χ4n) is 0.201. The Morgan fingerprint density at radius 3 is 2.10 bits per heavy atom. The van der Waals surface area contributed by atoms with Crippen molar-refractivity contribution in [2.45, 2.75) is 6.92 Å². The monoisotopic (exact) mass is 146 g/mol. The van der Waals surface area contributed by atoms with Crippen molar-refractivity contribution in [3.8, 4) is 0 Å². The number of carbonyl (C=O) groups is 1. The molecule has 0 unspecified atom stereocenters. The number of methoxy groups -OCH3 is 1. The predicted octanol–water partition coefficient (Wildman–Crippen LogP) is 0.998. The van der Waals surface area contributed by atoms with Crippen molar-refractivity contribution >= 4 is 5.97 Å². The van der Waals surface area contributed by atoms with E-state index in [1.165, 1.54) is 0 Å². The van der Waals surface area contributed by atoms with Gasteiger partial charge in [0.1, 0.15) is 0 Å². The molecule has 10 heavy (non-hydrogen) atoms. The summed E-state index contributed by atoms with van der Waals surface area (Å²) in [5.74, 6) is -0.359. The van der Waals surface area contributed by atoms with E-state index in [0.29, 0.717) is 6.61 Å². The van der Waals surface area contributed by atoms with Crippen molar-refractivity contribution in [1.29, 1.82) is 0 Å². The van der Waals surface area contributed by atoms with Gasteiger partial charge in [0.15, 0.2) is 0 Å². The second kappa shape index (κ2) is 11.0. The van der Waals surface area contributed by atoms with E-state index >= 15 is 0 Å². The fraction of sp³-hybridized carbons (Fsp3) is 0.571. The SMILES string of the molecule is C=CC(=O)OCC.COC. The summed E-state index contributed by atoms with van der Waals surface area (Å²) in [6.07, 6.45) is 1.14. The van der Waals surface area contributed by atoms with Crippen LogP contribution in [0.5, 0.6) is 0 Å². The van der Waals surface area contributed by atoms with Crippen molar-refractivity contribution in [1.82, 2.24) is 0 Å². The zero-order valence-electron chi connectivity index (χ0n) is 6.72. The van der Waals surface area contributed by atoms with Gasteiger partial charge in [-0.3, -0.25) is 0 Å². The van der Waals surface area contributed by atoms with Crippen molar-refractivity contribution in [2.75, 3.05) is 20.8 Å². The summed E-state index contributed by atoms with van der Waals surface area (Å²) in [6, 6.07) is 0. The van der Waals surface area contributed by atoms with Crippen molar-refractivity contribution in [3.05, 3.63) is 12.7 Å². The van der Waals surface area contributed by atoms with Gasteiger partial charge in [-0.2, -0.15) is 0 Å². The number of ether oxygens (including phenoxy) is 2. The molecule has 0 aliphatic rings. The standard InChI is InChI=1S/C5H8O2.C2H6O/c1-3-5(6)7-4-2;1-3-2/h3H,1,4H2,2H3;1-2H3. The average Bonchev–Trinajstić information content (AvgIpc) is 1.90. The number of hydrogen-bond acceptors (Lipinski definition) is 3. The molecule has 0 amide bonds. The second-order valence-electron chi connectivity index (χ2n) is 1.36. The van der Waals surface area contributed by atoms with Crippen LogP contribution in [0.15, 0.2) is 12.7 Å². The van der Waals surface area contributed by atoms with Gasteiger partial charge in [-0.1, -0.05) is 6.58 Å². The highest BCUT2D eigenvalue weighted by molar-refractivity contribution is 5.81. The van der Waals surface area contributed by atoms with Crippen molar-refractivity contribution < 1.29 is 14.3 Å². The Labute approximate surface area is 61.6 Å². The van der Waals surface area contributed by atoms with E-state index in [1.54, 1.807) is 21.1 Å². The average molecular weight is 146 g/mol. The van der Waals surface area contributed by atoms with Gasteiger partial charge in [-0.05, 0) is 6.92 Å². The maximum Gasteiger partial charge on any atom is 0.330 e. The van der Waals surface area contributed by atoms with Crippen LogP contribution in [0.4, 0.5) is 0 Å². The Bertz CT molecular complexity index is 88.9. The molecule has 0 aliphatic carbocycles. The van der Waals surface area contributed by atoms with Gasteiger partial charge in [-0.25, -0.2) is 4.79 Å². The maximum atomic E-state index is 10.1. The van der Waals surface area contributed by atoms with Gasteiger partial charge in [0.25, 0.3) is 0 Å². The first-order valence-corrected chi connectivity index (χ1v) is 2.92. The smallest absolute Gasteiger partial charge is 0.330 e. The highest BCUT2D eigenvalue weighted by Crippen LogP contribution is 1.74. The molecule has 3 nitrogen and oxygen atoms in total. The Balaban J connectivity index is 0. The summed E-state index contributed by atoms with van der Waals surface area (Å²) in [6.45, 7) is 5.38. The molecular formula is C7H14O3. The first-order valence-electron chi connectivity index (χ1n) is 2.92. The molecule has 0 bridgehead atoms. The van der Waals surface area contributed by atoms with E-state index in [2.05, 4.69) is 16.1 Å². The Hall–Kier alpha value is -0.830. The van der Waals surface area contributed by atoms with Crippen LogP contribution < -0.4 is 0 Å². The summed E-state index contributed by atoms with van der Waals surface area (Å²) in [7, 11) is 3.25. The van der Waals surface area contributed by atoms with Crippen LogP contribution >= 0.6 is 0 Å². The maximum absolute atomic E-state index is 10.1. The minimum Gasteiger partial charge on any atom is -0.463 e. The number of esters is 1.